The van der Waals surface area contributed by atoms with Crippen molar-refractivity contribution in [2.45, 2.75) is 12.2 Å². The van der Waals surface area contributed by atoms with Gasteiger partial charge in [-0.2, -0.15) is 0 Å². The zero-order chi connectivity index (χ0) is 15.9. The Hall–Kier alpha value is -2.90. The molecule has 2 atom stereocenters. The van der Waals surface area contributed by atoms with Crippen molar-refractivity contribution >= 4 is 11.0 Å². The van der Waals surface area contributed by atoms with Crippen LogP contribution >= 0.6 is 0 Å². The van der Waals surface area contributed by atoms with E-state index in [1.165, 1.54) is 0 Å². The minimum atomic E-state index is -1.22. The summed E-state index contributed by atoms with van der Waals surface area (Å²) in [5.41, 5.74) is 17.9. The number of aliphatic hydroxyl groups is 2. The molecule has 1 heterocycles. The molecule has 0 fully saturated rings. The predicted molar refractivity (Wildman–Crippen MR) is 77.5 cm³/mol. The Morgan fingerprint density at radius 2 is 1.32 bits per heavy atom. The minimum Gasteiger partial charge on any atom is -0.387 e. The number of azide groups is 2. The van der Waals surface area contributed by atoms with Crippen molar-refractivity contribution in [1.82, 2.24) is 9.97 Å². The first-order valence-corrected chi connectivity index (χ1v) is 6.31. The van der Waals surface area contributed by atoms with E-state index < -0.39 is 12.2 Å². The lowest BCUT2D eigenvalue weighted by Crippen LogP contribution is -2.15. The Morgan fingerprint density at radius 1 is 0.909 bits per heavy atom. The summed E-state index contributed by atoms with van der Waals surface area (Å²) in [5, 5.41) is 26.7. The second-order valence-corrected chi connectivity index (χ2v) is 4.34. The third kappa shape index (κ3) is 3.40. The molecule has 10 nitrogen and oxygen atoms in total. The van der Waals surface area contributed by atoms with Gasteiger partial charge >= 0.3 is 0 Å². The summed E-state index contributed by atoms with van der Waals surface area (Å²) in [6.07, 6.45) is -2.44. The number of fused-ring (bicyclic) bond motifs is 1. The Bertz CT molecular complexity index is 702. The highest BCUT2D eigenvalue weighted by atomic mass is 16.3. The summed E-state index contributed by atoms with van der Waals surface area (Å²) >= 11 is 0. The van der Waals surface area contributed by atoms with Crippen LogP contribution in [0.2, 0.25) is 0 Å². The Kier molecular flexibility index (Phi) is 5.07. The highest BCUT2D eigenvalue weighted by Gasteiger charge is 2.21. The molecule has 0 amide bonds. The average Bonchev–Trinajstić information content (AvgIpc) is 2.56. The highest BCUT2D eigenvalue weighted by molar-refractivity contribution is 5.74. The molecule has 0 aliphatic heterocycles. The van der Waals surface area contributed by atoms with Crippen molar-refractivity contribution < 1.29 is 10.2 Å². The van der Waals surface area contributed by atoms with Crippen LogP contribution in [0.25, 0.3) is 31.9 Å². The summed E-state index contributed by atoms with van der Waals surface area (Å²) in [4.78, 5) is 13.7. The number of para-hydroxylation sites is 2. The summed E-state index contributed by atoms with van der Waals surface area (Å²) in [6.45, 7) is -0.491. The fraction of sp³-hybridized carbons (Fsp3) is 0.333. The SMILES string of the molecule is [N-]=[N+]=NC[C@@H](O)c1nc2ccccc2nc1[C@H](O)CN=[N+]=[N-]. The van der Waals surface area contributed by atoms with Crippen LogP contribution < -0.4 is 0 Å². The number of hydrogen-bond acceptors (Lipinski definition) is 6. The van der Waals surface area contributed by atoms with E-state index in [1.54, 1.807) is 24.3 Å². The van der Waals surface area contributed by atoms with Gasteiger partial charge in [-0.05, 0) is 23.2 Å². The smallest absolute Gasteiger partial charge is 0.104 e. The summed E-state index contributed by atoms with van der Waals surface area (Å²) in [6, 6.07) is 6.93. The van der Waals surface area contributed by atoms with Crippen LogP contribution in [0.3, 0.4) is 0 Å². The highest BCUT2D eigenvalue weighted by Crippen LogP contribution is 2.24. The molecule has 112 valence electrons. The maximum absolute atomic E-state index is 10.1. The molecule has 2 rings (SSSR count). The maximum Gasteiger partial charge on any atom is 0.104 e. The van der Waals surface area contributed by atoms with E-state index in [-0.39, 0.29) is 24.5 Å². The summed E-state index contributed by atoms with van der Waals surface area (Å²) in [5.74, 6) is 0. The third-order valence-electron chi connectivity index (χ3n) is 2.89. The first-order chi connectivity index (χ1) is 10.7. The Morgan fingerprint density at radius 3 is 1.68 bits per heavy atom. The minimum absolute atomic E-state index is 0.0896. The molecule has 2 aromatic rings. The van der Waals surface area contributed by atoms with E-state index in [4.69, 9.17) is 11.1 Å². The van der Waals surface area contributed by atoms with E-state index in [2.05, 4.69) is 30.0 Å². The van der Waals surface area contributed by atoms with Gasteiger partial charge in [-0.3, -0.25) is 0 Å². The van der Waals surface area contributed by atoms with Crippen LogP contribution in [0.5, 0.6) is 0 Å². The molecule has 0 aliphatic carbocycles. The summed E-state index contributed by atoms with van der Waals surface area (Å²) < 4.78 is 0. The van der Waals surface area contributed by atoms with Gasteiger partial charge < -0.3 is 10.2 Å². The second-order valence-electron chi connectivity index (χ2n) is 4.34. The quantitative estimate of drug-likeness (QED) is 0.475. The van der Waals surface area contributed by atoms with Crippen LogP contribution in [0.15, 0.2) is 34.5 Å². The van der Waals surface area contributed by atoms with Crippen LogP contribution in [0, 0.1) is 0 Å². The van der Waals surface area contributed by atoms with E-state index in [9.17, 15) is 10.2 Å². The van der Waals surface area contributed by atoms with Crippen molar-refractivity contribution in [2.24, 2.45) is 10.2 Å². The molecule has 10 heteroatoms. The molecule has 0 unspecified atom stereocenters. The van der Waals surface area contributed by atoms with Gasteiger partial charge in [0.25, 0.3) is 0 Å². The first-order valence-electron chi connectivity index (χ1n) is 6.31. The molecule has 0 bridgehead atoms. The fourth-order valence-electron chi connectivity index (χ4n) is 1.92. The van der Waals surface area contributed by atoms with Crippen molar-refractivity contribution in [2.75, 3.05) is 13.1 Å². The molecular weight excluding hydrogens is 288 g/mol. The molecule has 0 saturated heterocycles. The number of hydrogen-bond donors (Lipinski definition) is 2. The number of benzene rings is 1. The lowest BCUT2D eigenvalue weighted by atomic mass is 10.1. The van der Waals surface area contributed by atoms with E-state index in [1.807, 2.05) is 0 Å². The van der Waals surface area contributed by atoms with Crippen molar-refractivity contribution in [3.63, 3.8) is 0 Å². The molecule has 0 saturated carbocycles. The maximum atomic E-state index is 10.1. The van der Waals surface area contributed by atoms with E-state index >= 15 is 0 Å². The van der Waals surface area contributed by atoms with Crippen molar-refractivity contribution in [3.8, 4) is 0 Å². The zero-order valence-electron chi connectivity index (χ0n) is 11.4. The van der Waals surface area contributed by atoms with Gasteiger partial charge in [0.1, 0.15) is 12.2 Å². The molecule has 0 aliphatic rings. The third-order valence-corrected chi connectivity index (χ3v) is 2.89. The molecule has 1 aromatic carbocycles. The van der Waals surface area contributed by atoms with Gasteiger partial charge in [-0.1, -0.05) is 22.4 Å². The first kappa shape index (κ1) is 15.5. The largest absolute Gasteiger partial charge is 0.387 e. The van der Waals surface area contributed by atoms with Crippen molar-refractivity contribution in [3.05, 3.63) is 56.5 Å². The standard InChI is InChI=1S/C12H12N8O2/c13-19-15-5-9(21)11-12(10(22)6-16-20-14)18-8-4-2-1-3-7(8)17-11/h1-4,9-10,21-22H,5-6H2/t9-,10-/m1/s1. The molecule has 1 aromatic heterocycles. The van der Waals surface area contributed by atoms with Crippen LogP contribution in [-0.2, 0) is 0 Å². The number of aliphatic hydroxyl groups excluding tert-OH is 2. The predicted octanol–water partition coefficient (Wildman–Crippen LogP) is 2.32. The van der Waals surface area contributed by atoms with Crippen LogP contribution in [-0.4, -0.2) is 33.3 Å². The number of aromatic nitrogens is 2. The molecule has 0 spiro atoms. The Labute approximate surface area is 124 Å². The van der Waals surface area contributed by atoms with E-state index in [0.29, 0.717) is 11.0 Å². The monoisotopic (exact) mass is 300 g/mol. The second kappa shape index (κ2) is 7.21. The van der Waals surface area contributed by atoms with Gasteiger partial charge in [0.2, 0.25) is 0 Å². The van der Waals surface area contributed by atoms with Gasteiger partial charge in [0, 0.05) is 9.82 Å². The number of nitrogens with zero attached hydrogens (tertiary/aromatic N) is 8. The van der Waals surface area contributed by atoms with Gasteiger partial charge in [0.05, 0.1) is 35.5 Å². The topological polar surface area (TPSA) is 164 Å². The average molecular weight is 300 g/mol. The normalized spacial score (nSPS) is 13.0. The van der Waals surface area contributed by atoms with Crippen molar-refractivity contribution in [1.29, 1.82) is 0 Å². The number of rotatable bonds is 6. The Balaban J connectivity index is 2.53. The zero-order valence-corrected chi connectivity index (χ0v) is 11.4. The molecule has 0 radical (unpaired) electrons. The van der Waals surface area contributed by atoms with Gasteiger partial charge in [0.15, 0.2) is 0 Å². The fourth-order valence-corrected chi connectivity index (χ4v) is 1.92. The molecule has 22 heavy (non-hydrogen) atoms. The lowest BCUT2D eigenvalue weighted by molar-refractivity contribution is 0.156. The van der Waals surface area contributed by atoms with Crippen LogP contribution in [0.4, 0.5) is 0 Å². The lowest BCUT2D eigenvalue weighted by Gasteiger charge is -2.16. The van der Waals surface area contributed by atoms with Gasteiger partial charge in [-0.25, -0.2) is 9.97 Å². The van der Waals surface area contributed by atoms with Crippen LogP contribution in [0.1, 0.15) is 23.6 Å². The van der Waals surface area contributed by atoms with Gasteiger partial charge in [-0.15, -0.1) is 0 Å². The van der Waals surface area contributed by atoms with E-state index in [0.717, 1.165) is 0 Å². The molecular formula is C12H12N8O2. The molecule has 2 N–H and O–H groups in total. The summed E-state index contributed by atoms with van der Waals surface area (Å²) in [7, 11) is 0.